The number of benzene rings is 1. The van der Waals surface area contributed by atoms with Gasteiger partial charge in [0.2, 0.25) is 0 Å². The van der Waals surface area contributed by atoms with Crippen LogP contribution in [0.2, 0.25) is 0 Å². The summed E-state index contributed by atoms with van der Waals surface area (Å²) in [6.45, 7) is 0.0215. The molecule has 0 aliphatic carbocycles. The Labute approximate surface area is 86.6 Å². The van der Waals surface area contributed by atoms with Gasteiger partial charge in [-0.1, -0.05) is 18.2 Å². The van der Waals surface area contributed by atoms with Crippen LogP contribution >= 0.6 is 0 Å². The minimum Gasteiger partial charge on any atom is -0.394 e. The molecular weight excluding hydrogens is 190 g/mol. The highest BCUT2D eigenvalue weighted by Gasteiger charge is 2.23. The van der Waals surface area contributed by atoms with Crippen molar-refractivity contribution in [3.05, 3.63) is 46.2 Å². The molecule has 0 amide bonds. The molecule has 3 rings (SSSR count). The maximum absolute atomic E-state index is 11.7. The largest absolute Gasteiger partial charge is 0.394 e. The number of hydrogen-bond donors (Lipinski definition) is 1. The number of nitrogens with zero attached hydrogens (tertiary/aromatic N) is 1. The van der Waals surface area contributed by atoms with Crippen molar-refractivity contribution in [3.8, 4) is 0 Å². The highest BCUT2D eigenvalue weighted by Crippen LogP contribution is 2.29. The van der Waals surface area contributed by atoms with Crippen molar-refractivity contribution in [2.45, 2.75) is 12.5 Å². The van der Waals surface area contributed by atoms with Gasteiger partial charge in [0, 0.05) is 6.07 Å². The summed E-state index contributed by atoms with van der Waals surface area (Å²) in [5.74, 6) is 0. The second-order valence-corrected chi connectivity index (χ2v) is 3.94. The number of rotatable bonds is 1. The molecule has 1 N–H and O–H groups in total. The van der Waals surface area contributed by atoms with Crippen molar-refractivity contribution < 1.29 is 5.11 Å². The minimum atomic E-state index is -0.0846. The first-order valence-corrected chi connectivity index (χ1v) is 5.05. The average Bonchev–Trinajstić information content (AvgIpc) is 2.64. The van der Waals surface area contributed by atoms with Gasteiger partial charge in [-0.15, -0.1) is 0 Å². The highest BCUT2D eigenvalue weighted by molar-refractivity contribution is 5.83. The van der Waals surface area contributed by atoms with Gasteiger partial charge in [-0.3, -0.25) is 4.79 Å². The molecular formula is C12H11NO2. The van der Waals surface area contributed by atoms with E-state index in [0.29, 0.717) is 0 Å². The molecule has 2 aromatic rings. The molecule has 76 valence electrons. The van der Waals surface area contributed by atoms with E-state index in [1.165, 1.54) is 0 Å². The monoisotopic (exact) mass is 201 g/mol. The topological polar surface area (TPSA) is 42.2 Å². The van der Waals surface area contributed by atoms with Crippen LogP contribution in [-0.4, -0.2) is 16.3 Å². The normalized spacial score (nSPS) is 18.6. The minimum absolute atomic E-state index is 0.0215. The Bertz CT molecular complexity index is 586. The average molecular weight is 201 g/mol. The summed E-state index contributed by atoms with van der Waals surface area (Å²) in [7, 11) is 0. The molecule has 1 aliphatic rings. The number of para-hydroxylation sites is 1. The second kappa shape index (κ2) is 2.94. The molecule has 1 aromatic carbocycles. The number of aliphatic hydroxyl groups excluding tert-OH is 1. The number of aliphatic hydroxyl groups is 1. The predicted octanol–water partition coefficient (Wildman–Crippen LogP) is 1.09. The summed E-state index contributed by atoms with van der Waals surface area (Å²) in [5, 5.41) is 10.3. The van der Waals surface area contributed by atoms with Crippen LogP contribution in [0.25, 0.3) is 10.9 Å². The van der Waals surface area contributed by atoms with E-state index in [1.54, 1.807) is 10.6 Å². The van der Waals surface area contributed by atoms with E-state index in [1.807, 2.05) is 24.3 Å². The van der Waals surface area contributed by atoms with E-state index >= 15 is 0 Å². The van der Waals surface area contributed by atoms with Gasteiger partial charge in [0.15, 0.2) is 0 Å². The van der Waals surface area contributed by atoms with Gasteiger partial charge in [0.1, 0.15) is 0 Å². The maximum Gasteiger partial charge on any atom is 0.251 e. The zero-order chi connectivity index (χ0) is 10.4. The van der Waals surface area contributed by atoms with E-state index in [0.717, 1.165) is 22.9 Å². The fraction of sp³-hybridized carbons (Fsp3) is 0.250. The molecule has 0 saturated carbocycles. The SMILES string of the molecule is O=c1ccc2cccc3c2n1C(CO)C3. The standard InChI is InChI=1S/C12H11NO2/c14-7-10-6-9-3-1-2-8-4-5-11(15)13(10)12(8)9/h1-5,10,14H,6-7H2. The lowest BCUT2D eigenvalue weighted by atomic mass is 10.1. The van der Waals surface area contributed by atoms with Gasteiger partial charge < -0.3 is 9.67 Å². The van der Waals surface area contributed by atoms with Gasteiger partial charge in [-0.05, 0) is 23.4 Å². The Morgan fingerprint density at radius 1 is 1.33 bits per heavy atom. The summed E-state index contributed by atoms with van der Waals surface area (Å²) in [6, 6.07) is 9.34. The lowest BCUT2D eigenvalue weighted by molar-refractivity contribution is 0.233. The van der Waals surface area contributed by atoms with Crippen molar-refractivity contribution in [2.24, 2.45) is 0 Å². The molecule has 0 radical (unpaired) electrons. The van der Waals surface area contributed by atoms with Crippen molar-refractivity contribution in [2.75, 3.05) is 6.61 Å². The number of aromatic nitrogens is 1. The van der Waals surface area contributed by atoms with Crippen LogP contribution in [-0.2, 0) is 6.42 Å². The number of pyridine rings is 1. The quantitative estimate of drug-likeness (QED) is 0.750. The van der Waals surface area contributed by atoms with Gasteiger partial charge >= 0.3 is 0 Å². The zero-order valence-electron chi connectivity index (χ0n) is 8.18. The molecule has 15 heavy (non-hydrogen) atoms. The van der Waals surface area contributed by atoms with Crippen LogP contribution in [0.15, 0.2) is 35.1 Å². The third-order valence-corrected chi connectivity index (χ3v) is 3.07. The first-order chi connectivity index (χ1) is 7.31. The molecule has 1 aromatic heterocycles. The molecule has 0 saturated heterocycles. The Morgan fingerprint density at radius 2 is 2.20 bits per heavy atom. The third-order valence-electron chi connectivity index (χ3n) is 3.07. The zero-order valence-corrected chi connectivity index (χ0v) is 8.18. The van der Waals surface area contributed by atoms with E-state index in [2.05, 4.69) is 0 Å². The molecule has 1 aliphatic heterocycles. The molecule has 2 heterocycles. The van der Waals surface area contributed by atoms with Gasteiger partial charge in [0.05, 0.1) is 18.2 Å². The van der Waals surface area contributed by atoms with E-state index in [4.69, 9.17) is 0 Å². The van der Waals surface area contributed by atoms with Crippen LogP contribution in [0.5, 0.6) is 0 Å². The summed E-state index contributed by atoms with van der Waals surface area (Å²) in [4.78, 5) is 11.7. The summed E-state index contributed by atoms with van der Waals surface area (Å²) < 4.78 is 1.71. The van der Waals surface area contributed by atoms with Crippen LogP contribution in [0, 0.1) is 0 Å². The molecule has 3 heteroatoms. The summed E-state index contributed by atoms with van der Waals surface area (Å²) in [6.07, 6.45) is 0.757. The van der Waals surface area contributed by atoms with Crippen molar-refractivity contribution in [1.82, 2.24) is 4.57 Å². The molecule has 0 bridgehead atoms. The molecule has 1 unspecified atom stereocenters. The molecule has 3 nitrogen and oxygen atoms in total. The van der Waals surface area contributed by atoms with Crippen molar-refractivity contribution in [1.29, 1.82) is 0 Å². The van der Waals surface area contributed by atoms with Gasteiger partial charge in [-0.25, -0.2) is 0 Å². The molecule has 1 atom stereocenters. The predicted molar refractivity (Wildman–Crippen MR) is 58.0 cm³/mol. The van der Waals surface area contributed by atoms with E-state index in [9.17, 15) is 9.90 Å². The van der Waals surface area contributed by atoms with Crippen molar-refractivity contribution >= 4 is 10.9 Å². The molecule has 0 spiro atoms. The summed E-state index contributed by atoms with van der Waals surface area (Å²) >= 11 is 0. The van der Waals surface area contributed by atoms with Crippen LogP contribution in [0.3, 0.4) is 0 Å². The van der Waals surface area contributed by atoms with Crippen molar-refractivity contribution in [3.63, 3.8) is 0 Å². The fourth-order valence-electron chi connectivity index (χ4n) is 2.41. The third kappa shape index (κ3) is 1.07. The molecule has 0 fully saturated rings. The smallest absolute Gasteiger partial charge is 0.251 e. The lowest BCUT2D eigenvalue weighted by Gasteiger charge is -2.10. The van der Waals surface area contributed by atoms with E-state index in [-0.39, 0.29) is 18.2 Å². The van der Waals surface area contributed by atoms with Gasteiger partial charge in [-0.2, -0.15) is 0 Å². The second-order valence-electron chi connectivity index (χ2n) is 3.94. The van der Waals surface area contributed by atoms with E-state index < -0.39 is 0 Å². The number of hydrogen-bond acceptors (Lipinski definition) is 2. The van der Waals surface area contributed by atoms with Crippen LogP contribution in [0.4, 0.5) is 0 Å². The first kappa shape index (κ1) is 8.68. The van der Waals surface area contributed by atoms with Crippen LogP contribution in [0.1, 0.15) is 11.6 Å². The highest BCUT2D eigenvalue weighted by atomic mass is 16.3. The van der Waals surface area contributed by atoms with Gasteiger partial charge in [0.25, 0.3) is 5.56 Å². The Kier molecular flexibility index (Phi) is 1.70. The fourth-order valence-corrected chi connectivity index (χ4v) is 2.41. The Morgan fingerprint density at radius 3 is 3.00 bits per heavy atom. The lowest BCUT2D eigenvalue weighted by Crippen LogP contribution is -2.23. The summed E-state index contributed by atoms with van der Waals surface area (Å²) in [5.41, 5.74) is 2.12. The first-order valence-electron chi connectivity index (χ1n) is 5.05. The Hall–Kier alpha value is -1.61. The maximum atomic E-state index is 11.7. The Balaban J connectivity index is 2.47. The van der Waals surface area contributed by atoms with Crippen LogP contribution < -0.4 is 5.56 Å².